The predicted molar refractivity (Wildman–Crippen MR) is 127 cm³/mol. The number of benzene rings is 1. The first-order chi connectivity index (χ1) is 15.7. The van der Waals surface area contributed by atoms with E-state index in [0.717, 1.165) is 12.0 Å². The summed E-state index contributed by atoms with van der Waals surface area (Å²) in [5, 5.41) is 10.2. The third-order valence-electron chi connectivity index (χ3n) is 7.91. The van der Waals surface area contributed by atoms with Crippen LogP contribution in [-0.4, -0.2) is 55.5 Å². The summed E-state index contributed by atoms with van der Waals surface area (Å²) in [7, 11) is 3.25. The van der Waals surface area contributed by atoms with Crippen molar-refractivity contribution in [3.05, 3.63) is 35.4 Å². The molecule has 1 saturated carbocycles. The SMILES string of the molecule is COc1ccc(CN(C[C@@H]2C(=O)O[C@@H]3C[C@@]4(C)CCC[C@H](C)C4=C[C@H]23)C[C@@H](C)O)cc1OC. The minimum atomic E-state index is -0.496. The Kier molecular flexibility index (Phi) is 7.06. The molecule has 2 aliphatic carbocycles. The van der Waals surface area contributed by atoms with Gasteiger partial charge in [-0.1, -0.05) is 38.0 Å². The van der Waals surface area contributed by atoms with E-state index in [2.05, 4.69) is 24.8 Å². The predicted octanol–water partition coefficient (Wildman–Crippen LogP) is 4.20. The van der Waals surface area contributed by atoms with Crippen molar-refractivity contribution in [1.29, 1.82) is 0 Å². The first kappa shape index (κ1) is 24.1. The van der Waals surface area contributed by atoms with E-state index in [4.69, 9.17) is 14.2 Å². The molecule has 1 heterocycles. The molecule has 182 valence electrons. The molecule has 6 heteroatoms. The van der Waals surface area contributed by atoms with Crippen LogP contribution in [0.5, 0.6) is 11.5 Å². The zero-order chi connectivity index (χ0) is 23.8. The van der Waals surface area contributed by atoms with Crippen LogP contribution in [0.15, 0.2) is 29.8 Å². The van der Waals surface area contributed by atoms with Crippen LogP contribution in [0.1, 0.15) is 52.0 Å². The van der Waals surface area contributed by atoms with Crippen LogP contribution >= 0.6 is 0 Å². The molecular weight excluding hydrogens is 418 g/mol. The van der Waals surface area contributed by atoms with Crippen molar-refractivity contribution in [2.45, 2.75) is 65.2 Å². The van der Waals surface area contributed by atoms with E-state index in [1.807, 2.05) is 18.2 Å². The third-order valence-corrected chi connectivity index (χ3v) is 7.91. The molecule has 1 saturated heterocycles. The summed E-state index contributed by atoms with van der Waals surface area (Å²) in [5.74, 6) is 1.74. The van der Waals surface area contributed by atoms with Gasteiger partial charge in [-0.15, -0.1) is 0 Å². The highest BCUT2D eigenvalue weighted by atomic mass is 16.6. The highest BCUT2D eigenvalue weighted by molar-refractivity contribution is 5.76. The second kappa shape index (κ2) is 9.67. The number of carbonyl (C=O) groups is 1. The molecule has 6 atom stereocenters. The van der Waals surface area contributed by atoms with Crippen molar-refractivity contribution in [1.82, 2.24) is 4.90 Å². The highest BCUT2D eigenvalue weighted by Crippen LogP contribution is 2.54. The Balaban J connectivity index is 1.56. The molecule has 6 nitrogen and oxygen atoms in total. The fraction of sp³-hybridized carbons (Fsp3) is 0.667. The average Bonchev–Trinajstić information content (AvgIpc) is 3.05. The number of allylic oxidation sites excluding steroid dienone is 1. The smallest absolute Gasteiger partial charge is 0.311 e. The van der Waals surface area contributed by atoms with Gasteiger partial charge in [-0.05, 0) is 55.2 Å². The number of aliphatic hydroxyl groups is 1. The second-order valence-electron chi connectivity index (χ2n) is 10.6. The van der Waals surface area contributed by atoms with Gasteiger partial charge < -0.3 is 19.3 Å². The Morgan fingerprint density at radius 2 is 2.03 bits per heavy atom. The van der Waals surface area contributed by atoms with Gasteiger partial charge in [0, 0.05) is 25.6 Å². The maximum atomic E-state index is 13.0. The van der Waals surface area contributed by atoms with Crippen LogP contribution in [0.25, 0.3) is 0 Å². The molecular formula is C27H39NO5. The van der Waals surface area contributed by atoms with Gasteiger partial charge in [-0.3, -0.25) is 9.69 Å². The monoisotopic (exact) mass is 457 g/mol. The van der Waals surface area contributed by atoms with Gasteiger partial charge in [-0.2, -0.15) is 0 Å². The first-order valence-electron chi connectivity index (χ1n) is 12.3. The Morgan fingerprint density at radius 3 is 2.73 bits per heavy atom. The number of hydrogen-bond donors (Lipinski definition) is 1. The average molecular weight is 458 g/mol. The number of hydrogen-bond acceptors (Lipinski definition) is 6. The lowest BCUT2D eigenvalue weighted by atomic mass is 9.59. The molecule has 0 aromatic heterocycles. The van der Waals surface area contributed by atoms with Crippen LogP contribution < -0.4 is 9.47 Å². The third kappa shape index (κ3) is 4.92. The van der Waals surface area contributed by atoms with E-state index in [9.17, 15) is 9.90 Å². The minimum absolute atomic E-state index is 0.0315. The number of fused-ring (bicyclic) bond motifs is 2. The number of ether oxygens (including phenoxy) is 3. The lowest BCUT2D eigenvalue weighted by molar-refractivity contribution is -0.145. The summed E-state index contributed by atoms with van der Waals surface area (Å²) < 4.78 is 16.8. The number of nitrogens with zero attached hydrogens (tertiary/aromatic N) is 1. The summed E-state index contributed by atoms with van der Waals surface area (Å²) in [4.78, 5) is 15.2. The van der Waals surface area contributed by atoms with Crippen LogP contribution in [0, 0.1) is 23.2 Å². The molecule has 1 aromatic carbocycles. The molecule has 1 aromatic rings. The van der Waals surface area contributed by atoms with Gasteiger partial charge in [0.05, 0.1) is 26.2 Å². The molecule has 1 aliphatic heterocycles. The quantitative estimate of drug-likeness (QED) is 0.466. The van der Waals surface area contributed by atoms with Crippen molar-refractivity contribution in [2.24, 2.45) is 23.2 Å². The summed E-state index contributed by atoms with van der Waals surface area (Å²) in [6.07, 6.45) is 6.46. The van der Waals surface area contributed by atoms with Gasteiger partial charge >= 0.3 is 5.97 Å². The molecule has 0 bridgehead atoms. The molecule has 0 spiro atoms. The Hall–Kier alpha value is -2.05. The summed E-state index contributed by atoms with van der Waals surface area (Å²) in [6.45, 7) is 8.12. The van der Waals surface area contributed by atoms with Gasteiger partial charge in [0.25, 0.3) is 0 Å². The Bertz CT molecular complexity index is 896. The molecule has 0 amide bonds. The normalized spacial score (nSPS) is 32.0. The lowest BCUT2D eigenvalue weighted by Crippen LogP contribution is -2.41. The molecule has 1 N–H and O–H groups in total. The standard InChI is InChI=1S/C27H39NO5/c1-17-7-6-10-27(3)13-25-20(12-22(17)27)21(26(30)33-25)16-28(14-18(2)29)15-19-8-9-23(31-4)24(11-19)32-5/h8-9,11-12,17-18,20-21,25,29H,6-7,10,13-16H2,1-5H3/t17-,18+,20+,21-,25+,27+/m0/s1. The van der Waals surface area contributed by atoms with Crippen molar-refractivity contribution >= 4 is 5.97 Å². The zero-order valence-electron chi connectivity index (χ0n) is 20.7. The van der Waals surface area contributed by atoms with Crippen molar-refractivity contribution in [3.8, 4) is 11.5 Å². The summed E-state index contributed by atoms with van der Waals surface area (Å²) in [6, 6.07) is 5.86. The van der Waals surface area contributed by atoms with Gasteiger partial charge in [0.2, 0.25) is 0 Å². The van der Waals surface area contributed by atoms with Gasteiger partial charge in [-0.25, -0.2) is 0 Å². The fourth-order valence-electron chi connectivity index (χ4n) is 6.35. The van der Waals surface area contributed by atoms with Gasteiger partial charge in [0.15, 0.2) is 11.5 Å². The number of esters is 1. The summed E-state index contributed by atoms with van der Waals surface area (Å²) >= 11 is 0. The Morgan fingerprint density at radius 1 is 1.27 bits per heavy atom. The van der Waals surface area contributed by atoms with Crippen molar-refractivity contribution in [3.63, 3.8) is 0 Å². The topological polar surface area (TPSA) is 68.2 Å². The van der Waals surface area contributed by atoms with Crippen LogP contribution in [0.4, 0.5) is 0 Å². The first-order valence-corrected chi connectivity index (χ1v) is 12.3. The van der Waals surface area contributed by atoms with Gasteiger partial charge in [0.1, 0.15) is 6.10 Å². The number of rotatable bonds is 8. The molecule has 0 unspecified atom stereocenters. The number of carbonyl (C=O) groups excluding carboxylic acids is 1. The highest BCUT2D eigenvalue weighted by Gasteiger charge is 2.51. The fourth-order valence-corrected chi connectivity index (χ4v) is 6.35. The number of aliphatic hydroxyl groups excluding tert-OH is 1. The van der Waals surface area contributed by atoms with Crippen molar-refractivity contribution < 1.29 is 24.1 Å². The largest absolute Gasteiger partial charge is 0.493 e. The second-order valence-corrected chi connectivity index (χ2v) is 10.6. The van der Waals surface area contributed by atoms with E-state index in [1.54, 1.807) is 21.1 Å². The maximum absolute atomic E-state index is 13.0. The number of methoxy groups -OCH3 is 2. The molecule has 2 fully saturated rings. The Labute approximate surface area is 197 Å². The molecule has 4 rings (SSSR count). The van der Waals surface area contributed by atoms with Crippen LogP contribution in [-0.2, 0) is 16.1 Å². The minimum Gasteiger partial charge on any atom is -0.493 e. The zero-order valence-corrected chi connectivity index (χ0v) is 20.7. The maximum Gasteiger partial charge on any atom is 0.311 e. The van der Waals surface area contributed by atoms with E-state index in [0.29, 0.717) is 37.1 Å². The van der Waals surface area contributed by atoms with E-state index < -0.39 is 6.10 Å². The van der Waals surface area contributed by atoms with E-state index >= 15 is 0 Å². The lowest BCUT2D eigenvalue weighted by Gasteiger charge is -2.46. The van der Waals surface area contributed by atoms with E-state index in [-0.39, 0.29) is 29.3 Å². The molecule has 0 radical (unpaired) electrons. The van der Waals surface area contributed by atoms with Crippen molar-refractivity contribution in [2.75, 3.05) is 27.3 Å². The van der Waals surface area contributed by atoms with Crippen LogP contribution in [0.2, 0.25) is 0 Å². The molecule has 33 heavy (non-hydrogen) atoms. The van der Waals surface area contributed by atoms with Crippen LogP contribution in [0.3, 0.4) is 0 Å². The summed E-state index contributed by atoms with van der Waals surface area (Å²) in [5.41, 5.74) is 2.74. The molecule has 3 aliphatic rings. The van der Waals surface area contributed by atoms with E-state index in [1.165, 1.54) is 24.8 Å².